The zero-order chi connectivity index (χ0) is 9.26. The Balaban J connectivity index is 1.95. The molecule has 2 fully saturated rings. The van der Waals surface area contributed by atoms with Gasteiger partial charge in [0.15, 0.2) is 0 Å². The Hall–Kier alpha value is -0.0800. The Morgan fingerprint density at radius 3 is 2.92 bits per heavy atom. The number of fused-ring (bicyclic) bond motifs is 1. The standard InChI is InChI=1S/C11H22N2/c1-2-13-7-6-10-9(8-13)4-3-5-11(10)12/h9-11H,2-8,12H2,1H3. The zero-order valence-corrected chi connectivity index (χ0v) is 8.71. The number of hydrogen-bond donors (Lipinski definition) is 1. The molecule has 2 rings (SSSR count). The normalized spacial score (nSPS) is 41.5. The van der Waals surface area contributed by atoms with E-state index in [1.807, 2.05) is 0 Å². The maximum Gasteiger partial charge on any atom is 0.00707 e. The van der Waals surface area contributed by atoms with Crippen LogP contribution < -0.4 is 5.73 Å². The minimum absolute atomic E-state index is 0.512. The predicted octanol–water partition coefficient (Wildman–Crippen LogP) is 1.46. The molecule has 2 N–H and O–H groups in total. The molecule has 2 aliphatic rings. The molecule has 0 aromatic carbocycles. The van der Waals surface area contributed by atoms with Crippen LogP contribution in [0.15, 0.2) is 0 Å². The minimum Gasteiger partial charge on any atom is -0.327 e. The SMILES string of the molecule is CCN1CCC2C(N)CCCC2C1. The van der Waals surface area contributed by atoms with Gasteiger partial charge < -0.3 is 10.6 Å². The van der Waals surface area contributed by atoms with Gasteiger partial charge in [0.1, 0.15) is 0 Å². The van der Waals surface area contributed by atoms with Crippen molar-refractivity contribution in [2.24, 2.45) is 17.6 Å². The molecule has 76 valence electrons. The summed E-state index contributed by atoms with van der Waals surface area (Å²) in [6.07, 6.45) is 5.40. The molecule has 0 aromatic rings. The van der Waals surface area contributed by atoms with E-state index >= 15 is 0 Å². The van der Waals surface area contributed by atoms with Gasteiger partial charge in [-0.15, -0.1) is 0 Å². The highest BCUT2D eigenvalue weighted by Crippen LogP contribution is 2.35. The van der Waals surface area contributed by atoms with Gasteiger partial charge in [-0.05, 0) is 44.2 Å². The Morgan fingerprint density at radius 1 is 1.31 bits per heavy atom. The topological polar surface area (TPSA) is 29.3 Å². The van der Waals surface area contributed by atoms with E-state index in [1.54, 1.807) is 0 Å². The van der Waals surface area contributed by atoms with Crippen LogP contribution in [0.5, 0.6) is 0 Å². The third kappa shape index (κ3) is 1.89. The molecule has 1 aliphatic heterocycles. The van der Waals surface area contributed by atoms with Crippen LogP contribution in [0.4, 0.5) is 0 Å². The molecule has 1 heterocycles. The average Bonchev–Trinajstić information content (AvgIpc) is 2.18. The Bertz CT molecular complexity index is 169. The van der Waals surface area contributed by atoms with Crippen LogP contribution in [0.3, 0.4) is 0 Å². The van der Waals surface area contributed by atoms with Crippen molar-refractivity contribution in [3.05, 3.63) is 0 Å². The first kappa shape index (κ1) is 9.47. The smallest absolute Gasteiger partial charge is 0.00707 e. The van der Waals surface area contributed by atoms with Gasteiger partial charge in [-0.2, -0.15) is 0 Å². The van der Waals surface area contributed by atoms with Crippen molar-refractivity contribution in [1.82, 2.24) is 4.90 Å². The lowest BCUT2D eigenvalue weighted by Crippen LogP contribution is -2.49. The summed E-state index contributed by atoms with van der Waals surface area (Å²) in [6.45, 7) is 6.09. The van der Waals surface area contributed by atoms with Gasteiger partial charge in [-0.25, -0.2) is 0 Å². The monoisotopic (exact) mass is 182 g/mol. The summed E-state index contributed by atoms with van der Waals surface area (Å²) in [4.78, 5) is 2.58. The van der Waals surface area contributed by atoms with Gasteiger partial charge >= 0.3 is 0 Å². The molecular weight excluding hydrogens is 160 g/mol. The van der Waals surface area contributed by atoms with Gasteiger partial charge in [0.2, 0.25) is 0 Å². The van der Waals surface area contributed by atoms with Crippen molar-refractivity contribution >= 4 is 0 Å². The summed E-state index contributed by atoms with van der Waals surface area (Å²) in [6, 6.07) is 0.512. The van der Waals surface area contributed by atoms with Crippen LogP contribution in [-0.2, 0) is 0 Å². The van der Waals surface area contributed by atoms with E-state index in [0.29, 0.717) is 6.04 Å². The van der Waals surface area contributed by atoms with Crippen molar-refractivity contribution in [2.45, 2.75) is 38.6 Å². The summed E-state index contributed by atoms with van der Waals surface area (Å²) in [5.74, 6) is 1.76. The van der Waals surface area contributed by atoms with Gasteiger partial charge in [0.05, 0.1) is 0 Å². The molecule has 2 nitrogen and oxygen atoms in total. The molecule has 3 atom stereocenters. The molecule has 0 bridgehead atoms. The van der Waals surface area contributed by atoms with E-state index in [9.17, 15) is 0 Å². The first-order valence-electron chi connectivity index (χ1n) is 5.79. The molecule has 0 radical (unpaired) electrons. The van der Waals surface area contributed by atoms with Crippen LogP contribution in [-0.4, -0.2) is 30.6 Å². The first-order chi connectivity index (χ1) is 6.31. The lowest BCUT2D eigenvalue weighted by molar-refractivity contribution is 0.0770. The van der Waals surface area contributed by atoms with Crippen molar-refractivity contribution in [1.29, 1.82) is 0 Å². The van der Waals surface area contributed by atoms with E-state index in [-0.39, 0.29) is 0 Å². The fourth-order valence-corrected chi connectivity index (χ4v) is 3.11. The van der Waals surface area contributed by atoms with Crippen LogP contribution in [0.1, 0.15) is 32.6 Å². The molecule has 3 unspecified atom stereocenters. The molecule has 1 saturated heterocycles. The number of rotatable bonds is 1. The highest BCUT2D eigenvalue weighted by Gasteiger charge is 2.34. The largest absolute Gasteiger partial charge is 0.327 e. The molecule has 0 spiro atoms. The molecule has 1 aliphatic carbocycles. The molecular formula is C11H22N2. The lowest BCUT2D eigenvalue weighted by Gasteiger charge is -2.43. The highest BCUT2D eigenvalue weighted by molar-refractivity contribution is 4.89. The van der Waals surface area contributed by atoms with E-state index in [4.69, 9.17) is 5.73 Å². The van der Waals surface area contributed by atoms with Crippen molar-refractivity contribution < 1.29 is 0 Å². The van der Waals surface area contributed by atoms with Gasteiger partial charge in [0.25, 0.3) is 0 Å². The maximum absolute atomic E-state index is 6.16. The van der Waals surface area contributed by atoms with Crippen LogP contribution in [0, 0.1) is 11.8 Å². The van der Waals surface area contributed by atoms with Gasteiger partial charge in [-0.3, -0.25) is 0 Å². The quantitative estimate of drug-likeness (QED) is 0.665. The number of likely N-dealkylation sites (tertiary alicyclic amines) is 1. The van der Waals surface area contributed by atoms with Crippen molar-refractivity contribution in [3.8, 4) is 0 Å². The third-order valence-electron chi connectivity index (χ3n) is 3.99. The van der Waals surface area contributed by atoms with Gasteiger partial charge in [0, 0.05) is 12.6 Å². The number of hydrogen-bond acceptors (Lipinski definition) is 2. The van der Waals surface area contributed by atoms with Crippen LogP contribution >= 0.6 is 0 Å². The third-order valence-corrected chi connectivity index (χ3v) is 3.99. The molecule has 2 heteroatoms. The molecule has 0 aromatic heterocycles. The van der Waals surface area contributed by atoms with Crippen molar-refractivity contribution in [3.63, 3.8) is 0 Å². The Kier molecular flexibility index (Phi) is 2.89. The summed E-state index contributed by atoms with van der Waals surface area (Å²) in [7, 11) is 0. The van der Waals surface area contributed by atoms with Crippen molar-refractivity contribution in [2.75, 3.05) is 19.6 Å². The molecule has 13 heavy (non-hydrogen) atoms. The summed E-state index contributed by atoms with van der Waals surface area (Å²) >= 11 is 0. The second-order valence-corrected chi connectivity index (χ2v) is 4.70. The molecule has 0 amide bonds. The first-order valence-corrected chi connectivity index (χ1v) is 5.79. The molecule has 1 saturated carbocycles. The average molecular weight is 182 g/mol. The van der Waals surface area contributed by atoms with E-state index in [0.717, 1.165) is 11.8 Å². The van der Waals surface area contributed by atoms with Crippen LogP contribution in [0.25, 0.3) is 0 Å². The summed E-state index contributed by atoms with van der Waals surface area (Å²) in [5.41, 5.74) is 6.16. The Labute approximate surface area is 81.5 Å². The minimum atomic E-state index is 0.512. The second-order valence-electron chi connectivity index (χ2n) is 4.70. The second kappa shape index (κ2) is 3.97. The number of piperidine rings is 1. The fourth-order valence-electron chi connectivity index (χ4n) is 3.11. The fraction of sp³-hybridized carbons (Fsp3) is 1.00. The highest BCUT2D eigenvalue weighted by atomic mass is 15.1. The van der Waals surface area contributed by atoms with Gasteiger partial charge in [-0.1, -0.05) is 13.3 Å². The Morgan fingerprint density at radius 2 is 2.15 bits per heavy atom. The zero-order valence-electron chi connectivity index (χ0n) is 8.71. The number of nitrogens with zero attached hydrogens (tertiary/aromatic N) is 1. The predicted molar refractivity (Wildman–Crippen MR) is 55.5 cm³/mol. The van der Waals surface area contributed by atoms with Crippen LogP contribution in [0.2, 0.25) is 0 Å². The summed E-state index contributed by atoms with van der Waals surface area (Å²) < 4.78 is 0. The van der Waals surface area contributed by atoms with E-state index < -0.39 is 0 Å². The summed E-state index contributed by atoms with van der Waals surface area (Å²) in [5, 5.41) is 0. The lowest BCUT2D eigenvalue weighted by atomic mass is 9.72. The van der Waals surface area contributed by atoms with E-state index in [2.05, 4.69) is 11.8 Å². The number of nitrogens with two attached hydrogens (primary N) is 1. The van der Waals surface area contributed by atoms with E-state index in [1.165, 1.54) is 45.3 Å². The maximum atomic E-state index is 6.16.